The quantitative estimate of drug-likeness (QED) is 0.821. The average Bonchev–Trinajstić information content (AvgIpc) is 2.97. The van der Waals surface area contributed by atoms with Crippen LogP contribution in [-0.2, 0) is 6.54 Å². The summed E-state index contributed by atoms with van der Waals surface area (Å²) in [4.78, 5) is 0. The van der Waals surface area contributed by atoms with E-state index in [1.807, 2.05) is 36.4 Å². The van der Waals surface area contributed by atoms with Crippen LogP contribution in [0, 0.1) is 0 Å². The Morgan fingerprint density at radius 2 is 1.95 bits per heavy atom. The van der Waals surface area contributed by atoms with Crippen molar-refractivity contribution in [2.45, 2.75) is 19.9 Å². The second kappa shape index (κ2) is 6.50. The molecule has 0 aromatic heterocycles. The standard InChI is InChI=1S/C17H19NO3/c1-2-9-18-11-13-5-3-4-6-15(13)21-14-7-8-16-17(10-14)20-12-19-16/h3-8,10,18H,2,9,11-12H2,1H3. The van der Waals surface area contributed by atoms with Gasteiger partial charge in [0, 0.05) is 18.2 Å². The Balaban J connectivity index is 1.75. The first-order valence-corrected chi connectivity index (χ1v) is 7.23. The van der Waals surface area contributed by atoms with Crippen molar-refractivity contribution < 1.29 is 14.2 Å². The van der Waals surface area contributed by atoms with E-state index in [1.165, 1.54) is 0 Å². The van der Waals surface area contributed by atoms with E-state index >= 15 is 0 Å². The van der Waals surface area contributed by atoms with Crippen molar-refractivity contribution in [1.82, 2.24) is 5.32 Å². The molecule has 2 aromatic carbocycles. The monoisotopic (exact) mass is 285 g/mol. The number of benzene rings is 2. The SMILES string of the molecule is CCCNCc1ccccc1Oc1ccc2c(c1)OCO2. The first-order valence-electron chi connectivity index (χ1n) is 7.23. The number of fused-ring (bicyclic) bond motifs is 1. The first kappa shape index (κ1) is 13.8. The number of hydrogen-bond donors (Lipinski definition) is 1. The van der Waals surface area contributed by atoms with Gasteiger partial charge in [-0.25, -0.2) is 0 Å². The van der Waals surface area contributed by atoms with E-state index in [1.54, 1.807) is 0 Å². The minimum absolute atomic E-state index is 0.274. The molecule has 0 unspecified atom stereocenters. The molecular weight excluding hydrogens is 266 g/mol. The van der Waals surface area contributed by atoms with Gasteiger partial charge < -0.3 is 19.5 Å². The molecule has 1 aliphatic heterocycles. The molecule has 0 amide bonds. The number of para-hydroxylation sites is 1. The molecule has 0 fully saturated rings. The lowest BCUT2D eigenvalue weighted by atomic mass is 10.2. The molecule has 0 atom stereocenters. The van der Waals surface area contributed by atoms with E-state index in [-0.39, 0.29) is 6.79 Å². The first-order chi connectivity index (χ1) is 10.4. The zero-order valence-corrected chi connectivity index (χ0v) is 12.1. The van der Waals surface area contributed by atoms with Gasteiger partial charge in [-0.15, -0.1) is 0 Å². The summed E-state index contributed by atoms with van der Waals surface area (Å²) in [5.41, 5.74) is 1.14. The van der Waals surface area contributed by atoms with Crippen molar-refractivity contribution in [2.24, 2.45) is 0 Å². The third kappa shape index (κ3) is 3.28. The molecule has 4 heteroatoms. The van der Waals surface area contributed by atoms with E-state index in [2.05, 4.69) is 18.3 Å². The summed E-state index contributed by atoms with van der Waals surface area (Å²) in [6.45, 7) is 4.23. The lowest BCUT2D eigenvalue weighted by molar-refractivity contribution is 0.174. The van der Waals surface area contributed by atoms with Gasteiger partial charge in [0.25, 0.3) is 0 Å². The van der Waals surface area contributed by atoms with E-state index in [0.717, 1.165) is 48.1 Å². The molecule has 1 aliphatic rings. The van der Waals surface area contributed by atoms with Gasteiger partial charge in [0.05, 0.1) is 0 Å². The van der Waals surface area contributed by atoms with Gasteiger partial charge >= 0.3 is 0 Å². The summed E-state index contributed by atoms with van der Waals surface area (Å²) in [5.74, 6) is 3.11. The largest absolute Gasteiger partial charge is 0.457 e. The second-order valence-electron chi connectivity index (χ2n) is 4.90. The third-order valence-corrected chi connectivity index (χ3v) is 3.29. The Morgan fingerprint density at radius 1 is 1.10 bits per heavy atom. The lowest BCUT2D eigenvalue weighted by Gasteiger charge is -2.12. The normalized spacial score (nSPS) is 12.4. The summed E-state index contributed by atoms with van der Waals surface area (Å²) >= 11 is 0. The maximum atomic E-state index is 5.99. The molecule has 21 heavy (non-hydrogen) atoms. The Bertz CT molecular complexity index is 613. The van der Waals surface area contributed by atoms with Gasteiger partial charge in [0.2, 0.25) is 6.79 Å². The van der Waals surface area contributed by atoms with Crippen LogP contribution in [0.25, 0.3) is 0 Å². The molecule has 1 heterocycles. The highest BCUT2D eigenvalue weighted by Crippen LogP contribution is 2.37. The maximum absolute atomic E-state index is 5.99. The van der Waals surface area contributed by atoms with Crippen molar-refractivity contribution in [3.05, 3.63) is 48.0 Å². The summed E-state index contributed by atoms with van der Waals surface area (Å²) in [6, 6.07) is 13.7. The zero-order chi connectivity index (χ0) is 14.5. The van der Waals surface area contributed by atoms with Crippen LogP contribution in [0.4, 0.5) is 0 Å². The Morgan fingerprint density at radius 3 is 2.86 bits per heavy atom. The molecule has 4 nitrogen and oxygen atoms in total. The third-order valence-electron chi connectivity index (χ3n) is 3.29. The average molecular weight is 285 g/mol. The molecule has 0 bridgehead atoms. The minimum Gasteiger partial charge on any atom is -0.457 e. The molecule has 0 saturated carbocycles. The number of nitrogens with one attached hydrogen (secondary N) is 1. The fourth-order valence-corrected chi connectivity index (χ4v) is 2.22. The molecular formula is C17H19NO3. The molecule has 0 aliphatic carbocycles. The Hall–Kier alpha value is -2.20. The predicted octanol–water partition coefficient (Wildman–Crippen LogP) is 3.71. The fraction of sp³-hybridized carbons (Fsp3) is 0.294. The molecule has 2 aromatic rings. The smallest absolute Gasteiger partial charge is 0.231 e. The Labute approximate surface area is 124 Å². The van der Waals surface area contributed by atoms with Gasteiger partial charge in [0.15, 0.2) is 11.5 Å². The molecule has 1 N–H and O–H groups in total. The zero-order valence-electron chi connectivity index (χ0n) is 12.1. The molecule has 110 valence electrons. The summed E-state index contributed by atoms with van der Waals surface area (Å²) in [7, 11) is 0. The molecule has 0 spiro atoms. The van der Waals surface area contributed by atoms with Crippen LogP contribution in [-0.4, -0.2) is 13.3 Å². The summed E-state index contributed by atoms with van der Waals surface area (Å²) in [5, 5.41) is 3.39. The van der Waals surface area contributed by atoms with Crippen LogP contribution < -0.4 is 19.5 Å². The van der Waals surface area contributed by atoms with E-state index < -0.39 is 0 Å². The van der Waals surface area contributed by atoms with E-state index in [4.69, 9.17) is 14.2 Å². The summed E-state index contributed by atoms with van der Waals surface area (Å²) in [6.07, 6.45) is 1.12. The highest BCUT2D eigenvalue weighted by atomic mass is 16.7. The molecule has 0 saturated heterocycles. The van der Waals surface area contributed by atoms with E-state index in [9.17, 15) is 0 Å². The maximum Gasteiger partial charge on any atom is 0.231 e. The van der Waals surface area contributed by atoms with Crippen LogP contribution in [0.1, 0.15) is 18.9 Å². The van der Waals surface area contributed by atoms with Crippen LogP contribution >= 0.6 is 0 Å². The van der Waals surface area contributed by atoms with Crippen molar-refractivity contribution in [1.29, 1.82) is 0 Å². The van der Waals surface area contributed by atoms with Gasteiger partial charge in [-0.2, -0.15) is 0 Å². The second-order valence-corrected chi connectivity index (χ2v) is 4.90. The minimum atomic E-state index is 0.274. The van der Waals surface area contributed by atoms with Crippen molar-refractivity contribution >= 4 is 0 Å². The molecule has 3 rings (SSSR count). The van der Waals surface area contributed by atoms with Crippen molar-refractivity contribution in [3.8, 4) is 23.0 Å². The number of ether oxygens (including phenoxy) is 3. The topological polar surface area (TPSA) is 39.7 Å². The fourth-order valence-electron chi connectivity index (χ4n) is 2.22. The van der Waals surface area contributed by atoms with Gasteiger partial charge in [0.1, 0.15) is 11.5 Å². The van der Waals surface area contributed by atoms with Crippen LogP contribution in [0.5, 0.6) is 23.0 Å². The highest BCUT2D eigenvalue weighted by Gasteiger charge is 2.14. The van der Waals surface area contributed by atoms with Gasteiger partial charge in [-0.3, -0.25) is 0 Å². The highest BCUT2D eigenvalue weighted by molar-refractivity contribution is 5.48. The van der Waals surface area contributed by atoms with Gasteiger partial charge in [-0.1, -0.05) is 25.1 Å². The summed E-state index contributed by atoms with van der Waals surface area (Å²) < 4.78 is 16.7. The van der Waals surface area contributed by atoms with Crippen LogP contribution in [0.3, 0.4) is 0 Å². The lowest BCUT2D eigenvalue weighted by Crippen LogP contribution is -2.14. The van der Waals surface area contributed by atoms with Crippen molar-refractivity contribution in [2.75, 3.05) is 13.3 Å². The number of rotatable bonds is 6. The predicted molar refractivity (Wildman–Crippen MR) is 81.1 cm³/mol. The Kier molecular flexibility index (Phi) is 4.26. The van der Waals surface area contributed by atoms with Crippen molar-refractivity contribution in [3.63, 3.8) is 0 Å². The number of hydrogen-bond acceptors (Lipinski definition) is 4. The van der Waals surface area contributed by atoms with E-state index in [0.29, 0.717) is 0 Å². The van der Waals surface area contributed by atoms with Crippen LogP contribution in [0.2, 0.25) is 0 Å². The molecule has 0 radical (unpaired) electrons. The van der Waals surface area contributed by atoms with Crippen LogP contribution in [0.15, 0.2) is 42.5 Å². The van der Waals surface area contributed by atoms with Gasteiger partial charge in [-0.05, 0) is 31.2 Å².